The molecule has 27 heavy (non-hydrogen) atoms. The number of thiazole rings is 1. The Kier molecular flexibility index (Phi) is 4.71. The molecule has 0 saturated heterocycles. The number of aryl methyl sites for hydroxylation is 1. The molecule has 4 rings (SSSR count). The Morgan fingerprint density at radius 1 is 1.07 bits per heavy atom. The lowest BCUT2D eigenvalue weighted by molar-refractivity contribution is -0.115. The van der Waals surface area contributed by atoms with Crippen LogP contribution >= 0.6 is 11.3 Å². The molecule has 0 aliphatic heterocycles. The Labute approximate surface area is 159 Å². The second-order valence-electron chi connectivity index (χ2n) is 5.88. The number of carbonyl (C=O) groups excluding carboxylic acids is 1. The van der Waals surface area contributed by atoms with E-state index in [1.807, 2.05) is 60.7 Å². The second-order valence-corrected chi connectivity index (χ2v) is 6.87. The highest BCUT2D eigenvalue weighted by Crippen LogP contribution is 2.37. The summed E-state index contributed by atoms with van der Waals surface area (Å²) in [6.45, 7) is 0. The summed E-state index contributed by atoms with van der Waals surface area (Å²) in [6, 6.07) is 19.3. The zero-order valence-corrected chi connectivity index (χ0v) is 15.3. The molecule has 0 aliphatic rings. The number of benzene rings is 2. The molecule has 2 aromatic carbocycles. The van der Waals surface area contributed by atoms with Gasteiger partial charge in [-0.15, -0.1) is 10.2 Å². The summed E-state index contributed by atoms with van der Waals surface area (Å²) < 4.78 is 0. The van der Waals surface area contributed by atoms with Crippen LogP contribution in [0.2, 0.25) is 0 Å². The summed E-state index contributed by atoms with van der Waals surface area (Å²) in [7, 11) is 1.71. The average molecular weight is 376 g/mol. The van der Waals surface area contributed by atoms with Crippen molar-refractivity contribution >= 4 is 22.4 Å². The number of aromatic nitrogens is 5. The summed E-state index contributed by atoms with van der Waals surface area (Å²) >= 11 is 1.34. The van der Waals surface area contributed by atoms with Gasteiger partial charge in [-0.2, -0.15) is 4.80 Å². The van der Waals surface area contributed by atoms with Crippen molar-refractivity contribution in [3.05, 3.63) is 66.2 Å². The molecule has 0 aliphatic carbocycles. The number of nitrogens with zero attached hydrogens (tertiary/aromatic N) is 5. The van der Waals surface area contributed by atoms with E-state index in [1.165, 1.54) is 16.1 Å². The van der Waals surface area contributed by atoms with Crippen LogP contribution in [0.4, 0.5) is 5.13 Å². The van der Waals surface area contributed by atoms with Gasteiger partial charge < -0.3 is 5.32 Å². The Morgan fingerprint density at radius 2 is 1.78 bits per heavy atom. The summed E-state index contributed by atoms with van der Waals surface area (Å²) in [5.41, 5.74) is 2.61. The molecule has 2 heterocycles. The van der Waals surface area contributed by atoms with Gasteiger partial charge in [0.2, 0.25) is 11.7 Å². The molecule has 0 fully saturated rings. The Hall–Kier alpha value is -3.39. The lowest BCUT2D eigenvalue weighted by Crippen LogP contribution is -2.14. The van der Waals surface area contributed by atoms with Gasteiger partial charge in [0.25, 0.3) is 0 Å². The van der Waals surface area contributed by atoms with Crippen LogP contribution < -0.4 is 5.32 Å². The minimum atomic E-state index is -0.117. The summed E-state index contributed by atoms with van der Waals surface area (Å²) in [5, 5.41) is 15.7. The monoisotopic (exact) mass is 376 g/mol. The molecular formula is C19H16N6OS. The van der Waals surface area contributed by atoms with Crippen LogP contribution in [0, 0.1) is 0 Å². The van der Waals surface area contributed by atoms with Crippen molar-refractivity contribution in [1.29, 1.82) is 0 Å². The smallest absolute Gasteiger partial charge is 0.230 e. The summed E-state index contributed by atoms with van der Waals surface area (Å²) in [4.78, 5) is 19.2. The quantitative estimate of drug-likeness (QED) is 0.578. The second kappa shape index (κ2) is 7.46. The van der Waals surface area contributed by atoms with Gasteiger partial charge in [-0.05, 0) is 10.8 Å². The van der Waals surface area contributed by atoms with Crippen molar-refractivity contribution in [2.24, 2.45) is 7.05 Å². The van der Waals surface area contributed by atoms with E-state index in [1.54, 1.807) is 7.05 Å². The van der Waals surface area contributed by atoms with Crippen LogP contribution in [0.15, 0.2) is 60.7 Å². The average Bonchev–Trinajstić information content (AvgIpc) is 3.29. The van der Waals surface area contributed by atoms with Crippen LogP contribution in [0.3, 0.4) is 0 Å². The minimum Gasteiger partial charge on any atom is -0.302 e. The van der Waals surface area contributed by atoms with Gasteiger partial charge in [0.05, 0.1) is 19.2 Å². The first-order valence-corrected chi connectivity index (χ1v) is 9.15. The first-order chi connectivity index (χ1) is 13.2. The van der Waals surface area contributed by atoms with E-state index in [4.69, 9.17) is 0 Å². The van der Waals surface area contributed by atoms with E-state index in [-0.39, 0.29) is 5.91 Å². The fourth-order valence-corrected chi connectivity index (χ4v) is 3.56. The predicted molar refractivity (Wildman–Crippen MR) is 104 cm³/mol. The number of hydrogen-bond donors (Lipinski definition) is 1. The maximum absolute atomic E-state index is 12.4. The van der Waals surface area contributed by atoms with Crippen LogP contribution in [0.1, 0.15) is 5.56 Å². The number of hydrogen-bond acceptors (Lipinski definition) is 6. The molecule has 4 aromatic rings. The lowest BCUT2D eigenvalue weighted by Gasteiger charge is -2.01. The first kappa shape index (κ1) is 17.0. The third-order valence-electron chi connectivity index (χ3n) is 3.84. The first-order valence-electron chi connectivity index (χ1n) is 8.33. The Bertz CT molecular complexity index is 1060. The number of amides is 1. The van der Waals surface area contributed by atoms with Crippen molar-refractivity contribution in [3.63, 3.8) is 0 Å². The predicted octanol–water partition coefficient (Wildman–Crippen LogP) is 3.18. The normalized spacial score (nSPS) is 10.7. The third kappa shape index (κ3) is 3.90. The molecule has 0 spiro atoms. The number of anilines is 1. The van der Waals surface area contributed by atoms with E-state index in [0.29, 0.717) is 17.4 Å². The molecule has 7 nitrogen and oxygen atoms in total. The fraction of sp³-hybridized carbons (Fsp3) is 0.105. The lowest BCUT2D eigenvalue weighted by atomic mass is 10.1. The molecule has 134 valence electrons. The molecular weight excluding hydrogens is 360 g/mol. The maximum Gasteiger partial charge on any atom is 0.230 e. The molecule has 0 bridgehead atoms. The summed E-state index contributed by atoms with van der Waals surface area (Å²) in [6.07, 6.45) is 0.291. The number of carbonyl (C=O) groups is 1. The maximum atomic E-state index is 12.4. The van der Waals surface area contributed by atoms with Gasteiger partial charge in [0.15, 0.2) is 5.13 Å². The van der Waals surface area contributed by atoms with Crippen molar-refractivity contribution in [1.82, 2.24) is 25.2 Å². The van der Waals surface area contributed by atoms with Crippen LogP contribution in [0.25, 0.3) is 22.0 Å². The zero-order valence-electron chi connectivity index (χ0n) is 14.5. The topological polar surface area (TPSA) is 85.6 Å². The number of nitrogens with one attached hydrogen (secondary N) is 1. The SMILES string of the molecule is Cn1nnc(-c2sc(NC(=O)Cc3ccccc3)nc2-c2ccccc2)n1. The van der Waals surface area contributed by atoms with Crippen LogP contribution in [0.5, 0.6) is 0 Å². The number of rotatable bonds is 5. The van der Waals surface area contributed by atoms with Gasteiger partial charge in [-0.25, -0.2) is 4.98 Å². The van der Waals surface area contributed by atoms with Gasteiger partial charge in [0, 0.05) is 5.56 Å². The molecule has 8 heteroatoms. The summed E-state index contributed by atoms with van der Waals surface area (Å²) in [5.74, 6) is 0.366. The molecule has 0 unspecified atom stereocenters. The van der Waals surface area contributed by atoms with Crippen molar-refractivity contribution in [2.75, 3.05) is 5.32 Å². The standard InChI is InChI=1S/C19H16N6OS/c1-25-23-18(22-24-25)17-16(14-10-6-3-7-11-14)21-19(27-17)20-15(26)12-13-8-4-2-5-9-13/h2-11H,12H2,1H3,(H,20,21,26). The highest BCUT2D eigenvalue weighted by molar-refractivity contribution is 7.19. The van der Waals surface area contributed by atoms with Gasteiger partial charge in [-0.1, -0.05) is 72.0 Å². The van der Waals surface area contributed by atoms with Crippen LogP contribution in [-0.2, 0) is 18.3 Å². The fourth-order valence-electron chi connectivity index (χ4n) is 2.64. The zero-order chi connectivity index (χ0) is 18.6. The molecule has 0 atom stereocenters. The Morgan fingerprint density at radius 3 is 2.44 bits per heavy atom. The van der Waals surface area contributed by atoms with Gasteiger partial charge in [0.1, 0.15) is 4.88 Å². The number of tetrazole rings is 1. The van der Waals surface area contributed by atoms with E-state index in [2.05, 4.69) is 25.7 Å². The van der Waals surface area contributed by atoms with Gasteiger partial charge in [-0.3, -0.25) is 4.79 Å². The molecule has 0 saturated carbocycles. The van der Waals surface area contributed by atoms with Crippen LogP contribution in [-0.4, -0.2) is 31.1 Å². The van der Waals surface area contributed by atoms with E-state index >= 15 is 0 Å². The minimum absolute atomic E-state index is 0.117. The van der Waals surface area contributed by atoms with Crippen molar-refractivity contribution in [3.8, 4) is 22.0 Å². The van der Waals surface area contributed by atoms with Crippen molar-refractivity contribution in [2.45, 2.75) is 6.42 Å². The molecule has 1 amide bonds. The van der Waals surface area contributed by atoms with Crippen molar-refractivity contribution < 1.29 is 4.79 Å². The van der Waals surface area contributed by atoms with E-state index in [9.17, 15) is 4.79 Å². The molecule has 2 aromatic heterocycles. The van der Waals surface area contributed by atoms with E-state index in [0.717, 1.165) is 21.7 Å². The van der Waals surface area contributed by atoms with E-state index < -0.39 is 0 Å². The Balaban J connectivity index is 1.64. The van der Waals surface area contributed by atoms with Gasteiger partial charge >= 0.3 is 0 Å². The molecule has 0 radical (unpaired) electrons. The highest BCUT2D eigenvalue weighted by atomic mass is 32.1. The highest BCUT2D eigenvalue weighted by Gasteiger charge is 2.19. The largest absolute Gasteiger partial charge is 0.302 e. The molecule has 1 N–H and O–H groups in total. The third-order valence-corrected chi connectivity index (χ3v) is 4.81.